The van der Waals surface area contributed by atoms with Crippen LogP contribution in [-0.4, -0.2) is 11.9 Å². The summed E-state index contributed by atoms with van der Waals surface area (Å²) in [6.45, 7) is 3.05. The van der Waals surface area contributed by atoms with E-state index in [1.165, 1.54) is 16.7 Å². The Labute approximate surface area is 125 Å². The van der Waals surface area contributed by atoms with Gasteiger partial charge < -0.3 is 11.1 Å². The number of rotatable bonds is 5. The van der Waals surface area contributed by atoms with Gasteiger partial charge in [0.25, 0.3) is 0 Å². The summed E-state index contributed by atoms with van der Waals surface area (Å²) in [7, 11) is 0. The fourth-order valence-electron chi connectivity index (χ4n) is 2.73. The Morgan fingerprint density at radius 3 is 2.57 bits per heavy atom. The van der Waals surface area contributed by atoms with Crippen molar-refractivity contribution in [3.8, 4) is 0 Å². The Hall–Kier alpha value is -2.13. The second-order valence-electron chi connectivity index (χ2n) is 5.74. The molecule has 2 aromatic rings. The van der Waals surface area contributed by atoms with Crippen molar-refractivity contribution in [2.75, 3.05) is 0 Å². The maximum Gasteiger partial charge on any atom is 0.248 e. The monoisotopic (exact) mass is 280 g/mol. The third kappa shape index (κ3) is 3.14. The first-order valence-corrected chi connectivity index (χ1v) is 7.33. The quantitative estimate of drug-likeness (QED) is 0.885. The van der Waals surface area contributed by atoms with E-state index in [9.17, 15) is 4.79 Å². The zero-order chi connectivity index (χ0) is 14.8. The molecule has 0 saturated heterocycles. The Kier molecular flexibility index (Phi) is 3.76. The lowest BCUT2D eigenvalue weighted by atomic mass is 10.1. The smallest absolute Gasteiger partial charge is 0.248 e. The average Bonchev–Trinajstić information content (AvgIpc) is 3.26. The second kappa shape index (κ2) is 5.70. The first-order chi connectivity index (χ1) is 10.1. The third-order valence-corrected chi connectivity index (χ3v) is 4.23. The van der Waals surface area contributed by atoms with Crippen molar-refractivity contribution in [3.05, 3.63) is 70.8 Å². The van der Waals surface area contributed by atoms with Gasteiger partial charge in [-0.2, -0.15) is 0 Å². The first-order valence-electron chi connectivity index (χ1n) is 7.33. The van der Waals surface area contributed by atoms with E-state index in [4.69, 9.17) is 5.73 Å². The number of benzene rings is 2. The van der Waals surface area contributed by atoms with Crippen LogP contribution in [-0.2, 0) is 6.54 Å². The number of nitrogens with two attached hydrogens (primary N) is 1. The van der Waals surface area contributed by atoms with E-state index in [-0.39, 0.29) is 5.91 Å². The molecular formula is C18H20N2O. The van der Waals surface area contributed by atoms with Crippen LogP contribution in [0.3, 0.4) is 0 Å². The third-order valence-electron chi connectivity index (χ3n) is 4.23. The molecule has 2 aromatic carbocycles. The van der Waals surface area contributed by atoms with Crippen LogP contribution < -0.4 is 11.1 Å². The molecule has 3 N–H and O–H groups in total. The molecule has 2 atom stereocenters. The van der Waals surface area contributed by atoms with Gasteiger partial charge in [-0.3, -0.25) is 4.79 Å². The van der Waals surface area contributed by atoms with Crippen LogP contribution in [0.5, 0.6) is 0 Å². The van der Waals surface area contributed by atoms with Crippen molar-refractivity contribution in [1.29, 1.82) is 0 Å². The highest BCUT2D eigenvalue weighted by Gasteiger charge is 2.37. The van der Waals surface area contributed by atoms with Gasteiger partial charge in [-0.25, -0.2) is 0 Å². The summed E-state index contributed by atoms with van der Waals surface area (Å²) in [5, 5.41) is 3.61. The molecule has 3 heteroatoms. The lowest BCUT2D eigenvalue weighted by Crippen LogP contribution is -2.17. The van der Waals surface area contributed by atoms with Crippen LogP contribution in [0.25, 0.3) is 0 Å². The molecule has 0 bridgehead atoms. The van der Waals surface area contributed by atoms with E-state index < -0.39 is 0 Å². The molecule has 1 fully saturated rings. The van der Waals surface area contributed by atoms with E-state index in [0.29, 0.717) is 17.5 Å². The molecule has 0 heterocycles. The lowest BCUT2D eigenvalue weighted by Gasteiger charge is -2.07. The van der Waals surface area contributed by atoms with Crippen LogP contribution >= 0.6 is 0 Å². The molecule has 3 rings (SSSR count). The van der Waals surface area contributed by atoms with Crippen LogP contribution in [0.2, 0.25) is 0 Å². The molecule has 108 valence electrons. The Bertz CT molecular complexity index is 649. The zero-order valence-corrected chi connectivity index (χ0v) is 12.2. The van der Waals surface area contributed by atoms with E-state index >= 15 is 0 Å². The summed E-state index contributed by atoms with van der Waals surface area (Å²) in [6.07, 6.45) is 1.15. The van der Waals surface area contributed by atoms with Gasteiger partial charge in [0, 0.05) is 24.1 Å². The van der Waals surface area contributed by atoms with Gasteiger partial charge in [0.1, 0.15) is 0 Å². The molecule has 3 nitrogen and oxygen atoms in total. The molecule has 0 aliphatic heterocycles. The second-order valence-corrected chi connectivity index (χ2v) is 5.74. The van der Waals surface area contributed by atoms with E-state index in [2.05, 4.69) is 36.5 Å². The van der Waals surface area contributed by atoms with Crippen molar-refractivity contribution in [3.63, 3.8) is 0 Å². The summed E-state index contributed by atoms with van der Waals surface area (Å²) >= 11 is 0. The predicted molar refractivity (Wildman–Crippen MR) is 84.1 cm³/mol. The van der Waals surface area contributed by atoms with Gasteiger partial charge in [0.2, 0.25) is 5.91 Å². The number of hydrogen-bond donors (Lipinski definition) is 2. The van der Waals surface area contributed by atoms with Gasteiger partial charge in [0.05, 0.1) is 0 Å². The largest absolute Gasteiger partial charge is 0.366 e. The molecule has 0 radical (unpaired) electrons. The molecule has 1 aliphatic carbocycles. The fraction of sp³-hybridized carbons (Fsp3) is 0.278. The minimum atomic E-state index is -0.369. The van der Waals surface area contributed by atoms with Gasteiger partial charge >= 0.3 is 0 Å². The average molecular weight is 280 g/mol. The van der Waals surface area contributed by atoms with E-state index in [1.807, 2.05) is 24.3 Å². The first kappa shape index (κ1) is 13.8. The lowest BCUT2D eigenvalue weighted by molar-refractivity contribution is 0.100. The number of carbonyl (C=O) groups excluding carboxylic acids is 1. The molecular weight excluding hydrogens is 260 g/mol. The highest BCUT2D eigenvalue weighted by atomic mass is 16.1. The minimum absolute atomic E-state index is 0.369. The van der Waals surface area contributed by atoms with Gasteiger partial charge in [-0.05, 0) is 42.2 Å². The minimum Gasteiger partial charge on any atom is -0.366 e. The number of aryl methyl sites for hydroxylation is 1. The summed E-state index contributed by atoms with van der Waals surface area (Å²) in [4.78, 5) is 11.1. The molecule has 21 heavy (non-hydrogen) atoms. The standard InChI is InChI=1S/C18H20N2O/c1-12-4-2-3-5-15(12)11-20-17-10-16(17)13-6-8-14(9-7-13)18(19)21/h2-9,16-17,20H,10-11H2,1H3,(H2,19,21). The zero-order valence-electron chi connectivity index (χ0n) is 12.2. The van der Waals surface area contributed by atoms with Crippen molar-refractivity contribution in [1.82, 2.24) is 5.32 Å². The van der Waals surface area contributed by atoms with Crippen LogP contribution in [0.1, 0.15) is 39.4 Å². The maximum absolute atomic E-state index is 11.1. The van der Waals surface area contributed by atoms with Crippen molar-refractivity contribution >= 4 is 5.91 Å². The van der Waals surface area contributed by atoms with Gasteiger partial charge in [0.15, 0.2) is 0 Å². The number of primary amides is 1. The van der Waals surface area contributed by atoms with Crippen molar-refractivity contribution < 1.29 is 4.79 Å². The normalized spacial score (nSPS) is 20.2. The van der Waals surface area contributed by atoms with Crippen LogP contribution in [0, 0.1) is 6.92 Å². The Morgan fingerprint density at radius 2 is 1.90 bits per heavy atom. The number of hydrogen-bond acceptors (Lipinski definition) is 2. The highest BCUT2D eigenvalue weighted by molar-refractivity contribution is 5.92. The molecule has 1 aliphatic rings. The summed E-state index contributed by atoms with van der Waals surface area (Å²) < 4.78 is 0. The summed E-state index contributed by atoms with van der Waals surface area (Å²) in [5.41, 5.74) is 9.79. The fourth-order valence-corrected chi connectivity index (χ4v) is 2.73. The number of amides is 1. The van der Waals surface area contributed by atoms with Crippen LogP contribution in [0.15, 0.2) is 48.5 Å². The molecule has 1 saturated carbocycles. The van der Waals surface area contributed by atoms with E-state index in [0.717, 1.165) is 13.0 Å². The van der Waals surface area contributed by atoms with Gasteiger partial charge in [-0.1, -0.05) is 36.4 Å². The molecule has 1 amide bonds. The topological polar surface area (TPSA) is 55.1 Å². The summed E-state index contributed by atoms with van der Waals surface area (Å²) in [5.74, 6) is 0.183. The number of carbonyl (C=O) groups is 1. The van der Waals surface area contributed by atoms with Crippen LogP contribution in [0.4, 0.5) is 0 Å². The van der Waals surface area contributed by atoms with Gasteiger partial charge in [-0.15, -0.1) is 0 Å². The molecule has 2 unspecified atom stereocenters. The maximum atomic E-state index is 11.1. The van der Waals surface area contributed by atoms with Crippen molar-refractivity contribution in [2.24, 2.45) is 5.73 Å². The Balaban J connectivity index is 1.57. The molecule has 0 spiro atoms. The van der Waals surface area contributed by atoms with E-state index in [1.54, 1.807) is 0 Å². The van der Waals surface area contributed by atoms with Crippen molar-refractivity contribution in [2.45, 2.75) is 31.8 Å². The highest BCUT2D eigenvalue weighted by Crippen LogP contribution is 2.41. The Morgan fingerprint density at radius 1 is 1.19 bits per heavy atom. The SMILES string of the molecule is Cc1ccccc1CNC1CC1c1ccc(C(N)=O)cc1. The molecule has 0 aromatic heterocycles. The number of nitrogens with one attached hydrogen (secondary N) is 1. The predicted octanol–water partition coefficient (Wildman–Crippen LogP) is 2.74. The summed E-state index contributed by atoms with van der Waals surface area (Å²) in [6, 6.07) is 16.6.